The Balaban J connectivity index is 1.98. The number of nitrogens with zero attached hydrogens (tertiary/aromatic N) is 1. The van der Waals surface area contributed by atoms with Crippen molar-refractivity contribution in [3.8, 4) is 11.5 Å². The fraction of sp³-hybridized carbons (Fsp3) is 0.118. The van der Waals surface area contributed by atoms with Crippen LogP contribution in [0.2, 0.25) is 0 Å². The van der Waals surface area contributed by atoms with Crippen LogP contribution in [0.5, 0.6) is 11.5 Å². The van der Waals surface area contributed by atoms with E-state index in [0.29, 0.717) is 25.8 Å². The van der Waals surface area contributed by atoms with Crippen molar-refractivity contribution in [1.82, 2.24) is 5.43 Å². The maximum atomic E-state index is 12.1. The molecule has 0 aliphatic carbocycles. The van der Waals surface area contributed by atoms with Gasteiger partial charge in [0.05, 0.1) is 15.2 Å². The van der Waals surface area contributed by atoms with Crippen LogP contribution in [0.1, 0.15) is 22.8 Å². The molecule has 0 unspecified atom stereocenters. The first-order valence-electron chi connectivity index (χ1n) is 7.29. The normalized spacial score (nSPS) is 12.0. The number of carboxylic acid groups (broad SMARTS) is 1. The molecule has 0 heterocycles. The summed E-state index contributed by atoms with van der Waals surface area (Å²) in [6.45, 7) is 1.44. The molecule has 3 N–H and O–H groups in total. The van der Waals surface area contributed by atoms with Crippen LogP contribution in [0.4, 0.5) is 0 Å². The summed E-state index contributed by atoms with van der Waals surface area (Å²) in [5, 5.41) is 22.3. The maximum Gasteiger partial charge on any atom is 0.344 e. The molecule has 0 fully saturated rings. The first-order chi connectivity index (χ1) is 12.3. The number of aromatic hydroxyl groups is 1. The van der Waals surface area contributed by atoms with Gasteiger partial charge in [-0.2, -0.15) is 5.10 Å². The number of carbonyl (C=O) groups excluding carboxylic acids is 1. The number of halogens is 2. The minimum absolute atomic E-state index is 0.00424. The minimum atomic E-state index is -1.05. The van der Waals surface area contributed by atoms with Crippen LogP contribution >= 0.6 is 31.9 Å². The topological polar surface area (TPSA) is 108 Å². The molecule has 2 aromatic rings. The Bertz CT molecular complexity index is 830. The second kappa shape index (κ2) is 8.81. The molecule has 1 amide bonds. The van der Waals surface area contributed by atoms with Crippen LogP contribution in [0.3, 0.4) is 0 Å². The third-order valence-corrected chi connectivity index (χ3v) is 4.41. The highest BCUT2D eigenvalue weighted by molar-refractivity contribution is 9.11. The molecule has 0 spiro atoms. The third-order valence-electron chi connectivity index (χ3n) is 3.20. The molecule has 9 heteroatoms. The van der Waals surface area contributed by atoms with Crippen molar-refractivity contribution in [1.29, 1.82) is 0 Å². The third kappa shape index (κ3) is 5.30. The van der Waals surface area contributed by atoms with Crippen molar-refractivity contribution in [2.75, 3.05) is 0 Å². The largest absolute Gasteiger partial charge is 0.506 e. The Morgan fingerprint density at radius 3 is 2.31 bits per heavy atom. The predicted octanol–water partition coefficient (Wildman–Crippen LogP) is 3.53. The number of amides is 1. The monoisotopic (exact) mass is 484 g/mol. The van der Waals surface area contributed by atoms with E-state index >= 15 is 0 Å². The molecule has 2 aromatic carbocycles. The van der Waals surface area contributed by atoms with E-state index in [1.54, 1.807) is 24.3 Å². The Morgan fingerprint density at radius 1 is 1.19 bits per heavy atom. The van der Waals surface area contributed by atoms with Gasteiger partial charge in [0.25, 0.3) is 5.91 Å². The van der Waals surface area contributed by atoms with Crippen LogP contribution in [-0.2, 0) is 4.79 Å². The van der Waals surface area contributed by atoms with Gasteiger partial charge in [-0.05, 0) is 80.7 Å². The summed E-state index contributed by atoms with van der Waals surface area (Å²) in [4.78, 5) is 22.8. The number of hydrogen-bond donors (Lipinski definition) is 3. The number of hydrogen-bond acceptors (Lipinski definition) is 5. The summed E-state index contributed by atoms with van der Waals surface area (Å²) in [5.41, 5.74) is 3.38. The number of rotatable bonds is 6. The zero-order valence-corrected chi connectivity index (χ0v) is 16.6. The summed E-state index contributed by atoms with van der Waals surface area (Å²) in [6, 6.07) is 9.51. The average Bonchev–Trinajstić information content (AvgIpc) is 2.60. The number of carbonyl (C=O) groups is 2. The van der Waals surface area contributed by atoms with Crippen LogP contribution in [0.25, 0.3) is 0 Å². The standard InChI is InChI=1S/C17H14Br2N2O5/c1-9(17(24)25)26-12-4-2-10(3-5-12)8-20-21-16(23)11-6-13(18)15(22)14(19)7-11/h2-9,22H,1H3,(H,21,23)(H,24,25)/b20-8-/t9-/m1/s1. The number of aliphatic carboxylic acids is 1. The highest BCUT2D eigenvalue weighted by atomic mass is 79.9. The molecule has 0 radical (unpaired) electrons. The van der Waals surface area contributed by atoms with Crippen molar-refractivity contribution < 1.29 is 24.5 Å². The van der Waals surface area contributed by atoms with E-state index in [-0.39, 0.29) is 5.75 Å². The van der Waals surface area contributed by atoms with E-state index < -0.39 is 18.0 Å². The average molecular weight is 486 g/mol. The number of nitrogens with one attached hydrogen (secondary N) is 1. The van der Waals surface area contributed by atoms with Gasteiger partial charge in [0.1, 0.15) is 11.5 Å². The number of phenols is 1. The number of hydrazone groups is 1. The molecule has 0 bridgehead atoms. The highest BCUT2D eigenvalue weighted by Crippen LogP contribution is 2.33. The fourth-order valence-corrected chi connectivity index (χ4v) is 3.00. The van der Waals surface area contributed by atoms with Crippen molar-refractivity contribution in [2.45, 2.75) is 13.0 Å². The van der Waals surface area contributed by atoms with Gasteiger partial charge in [0.2, 0.25) is 0 Å². The summed E-state index contributed by atoms with van der Waals surface area (Å²) in [5.74, 6) is -1.08. The van der Waals surface area contributed by atoms with Crippen LogP contribution < -0.4 is 10.2 Å². The maximum absolute atomic E-state index is 12.1. The van der Waals surface area contributed by atoms with E-state index in [0.717, 1.165) is 0 Å². The van der Waals surface area contributed by atoms with Gasteiger partial charge in [-0.3, -0.25) is 4.79 Å². The minimum Gasteiger partial charge on any atom is -0.506 e. The molecule has 0 aliphatic heterocycles. The van der Waals surface area contributed by atoms with Gasteiger partial charge in [-0.1, -0.05) is 0 Å². The van der Waals surface area contributed by atoms with Gasteiger partial charge in [0, 0.05) is 5.56 Å². The molecule has 0 aliphatic rings. The van der Waals surface area contributed by atoms with Crippen molar-refractivity contribution in [2.24, 2.45) is 5.10 Å². The predicted molar refractivity (Wildman–Crippen MR) is 103 cm³/mol. The molecular formula is C17H14Br2N2O5. The smallest absolute Gasteiger partial charge is 0.344 e. The Hall–Kier alpha value is -2.39. The highest BCUT2D eigenvalue weighted by Gasteiger charge is 2.12. The molecular weight excluding hydrogens is 472 g/mol. The van der Waals surface area contributed by atoms with Gasteiger partial charge < -0.3 is 14.9 Å². The molecule has 0 saturated heterocycles. The number of carboxylic acids is 1. The summed E-state index contributed by atoms with van der Waals surface area (Å²) >= 11 is 6.31. The van der Waals surface area contributed by atoms with E-state index in [1.165, 1.54) is 25.3 Å². The lowest BCUT2D eigenvalue weighted by atomic mass is 10.2. The summed E-state index contributed by atoms with van der Waals surface area (Å²) in [6.07, 6.45) is 0.491. The van der Waals surface area contributed by atoms with Gasteiger partial charge >= 0.3 is 5.97 Å². The molecule has 1 atom stereocenters. The van der Waals surface area contributed by atoms with Gasteiger partial charge in [0.15, 0.2) is 6.10 Å². The summed E-state index contributed by atoms with van der Waals surface area (Å²) in [7, 11) is 0. The van der Waals surface area contributed by atoms with Crippen molar-refractivity contribution >= 4 is 50.0 Å². The molecule has 0 saturated carbocycles. The Kier molecular flexibility index (Phi) is 6.76. The molecule has 7 nitrogen and oxygen atoms in total. The zero-order valence-electron chi connectivity index (χ0n) is 13.4. The van der Waals surface area contributed by atoms with Crippen LogP contribution in [0, 0.1) is 0 Å². The van der Waals surface area contributed by atoms with E-state index in [9.17, 15) is 14.7 Å². The number of benzene rings is 2. The fourth-order valence-electron chi connectivity index (χ4n) is 1.81. The lowest BCUT2D eigenvalue weighted by molar-refractivity contribution is -0.144. The first kappa shape index (κ1) is 19.9. The quantitative estimate of drug-likeness (QED) is 0.428. The second-order valence-corrected chi connectivity index (χ2v) is 6.86. The molecule has 0 aromatic heterocycles. The second-order valence-electron chi connectivity index (χ2n) is 5.15. The van der Waals surface area contributed by atoms with E-state index in [4.69, 9.17) is 9.84 Å². The number of phenolic OH excluding ortho intramolecular Hbond substituents is 1. The SMILES string of the molecule is C[C@@H](Oc1ccc(/C=N\NC(=O)c2cc(Br)c(O)c(Br)c2)cc1)C(=O)O. The molecule has 26 heavy (non-hydrogen) atoms. The van der Waals surface area contributed by atoms with E-state index in [2.05, 4.69) is 42.4 Å². The van der Waals surface area contributed by atoms with Gasteiger partial charge in [-0.25, -0.2) is 10.2 Å². The lowest BCUT2D eigenvalue weighted by Crippen LogP contribution is -2.22. The van der Waals surface area contributed by atoms with Crippen LogP contribution in [-0.4, -0.2) is 34.4 Å². The van der Waals surface area contributed by atoms with E-state index in [1.807, 2.05) is 0 Å². The zero-order chi connectivity index (χ0) is 19.3. The van der Waals surface area contributed by atoms with Crippen LogP contribution in [0.15, 0.2) is 50.4 Å². The molecule has 2 rings (SSSR count). The lowest BCUT2D eigenvalue weighted by Gasteiger charge is -2.09. The molecule has 136 valence electrons. The number of ether oxygens (including phenoxy) is 1. The first-order valence-corrected chi connectivity index (χ1v) is 8.87. The summed E-state index contributed by atoms with van der Waals surface area (Å²) < 4.78 is 5.98. The Labute approximate surface area is 165 Å². The Morgan fingerprint density at radius 2 is 1.77 bits per heavy atom. The van der Waals surface area contributed by atoms with Gasteiger partial charge in [-0.15, -0.1) is 0 Å². The van der Waals surface area contributed by atoms with Crippen molar-refractivity contribution in [3.05, 3.63) is 56.5 Å². The van der Waals surface area contributed by atoms with Crippen molar-refractivity contribution in [3.63, 3.8) is 0 Å².